The van der Waals surface area contributed by atoms with Gasteiger partial charge in [-0.3, -0.25) is 4.79 Å². The first-order valence-corrected chi connectivity index (χ1v) is 4.00. The first kappa shape index (κ1) is 9.01. The van der Waals surface area contributed by atoms with Gasteiger partial charge < -0.3 is 0 Å². The average molecular weight is 181 g/mol. The fraction of sp³-hybridized carbons (Fsp3) is 0.100. The number of hydrogen-bond acceptors (Lipinski definition) is 1. The van der Waals surface area contributed by atoms with Crippen molar-refractivity contribution in [2.75, 3.05) is 0 Å². The van der Waals surface area contributed by atoms with Crippen molar-refractivity contribution >= 4 is 17.4 Å². The molecule has 0 aliphatic heterocycles. The van der Waals surface area contributed by atoms with Crippen LogP contribution in [0.1, 0.15) is 5.56 Å². The normalized spacial score (nSPS) is 9.42. The Kier molecular flexibility index (Phi) is 3.06. The van der Waals surface area contributed by atoms with E-state index in [2.05, 4.69) is 6.58 Å². The Labute approximate surface area is 76.7 Å². The zero-order valence-electron chi connectivity index (χ0n) is 6.59. The van der Waals surface area contributed by atoms with Gasteiger partial charge >= 0.3 is 0 Å². The van der Waals surface area contributed by atoms with Crippen molar-refractivity contribution in [3.8, 4) is 0 Å². The van der Waals surface area contributed by atoms with Gasteiger partial charge in [0, 0.05) is 11.4 Å². The van der Waals surface area contributed by atoms with Crippen LogP contribution in [-0.2, 0) is 11.2 Å². The summed E-state index contributed by atoms with van der Waals surface area (Å²) in [6, 6.07) is 7.30. The van der Waals surface area contributed by atoms with E-state index in [-0.39, 0.29) is 5.78 Å². The number of carbonyl (C=O) groups is 1. The molecule has 12 heavy (non-hydrogen) atoms. The minimum atomic E-state index is -0.0110. The molecule has 0 N–H and O–H groups in total. The molecule has 0 aliphatic rings. The number of benzene rings is 1. The van der Waals surface area contributed by atoms with E-state index >= 15 is 0 Å². The molecule has 0 aromatic heterocycles. The standard InChI is InChI=1S/C10H9ClO/c1-2-9(12)7-8-5-3-4-6-10(8)11/h2-6H,1,7H2. The molecule has 1 nitrogen and oxygen atoms in total. The quantitative estimate of drug-likeness (QED) is 0.654. The molecule has 1 aromatic rings. The third kappa shape index (κ3) is 2.21. The van der Waals surface area contributed by atoms with E-state index < -0.39 is 0 Å². The van der Waals surface area contributed by atoms with Crippen LogP contribution in [0, 0.1) is 0 Å². The molecule has 0 heterocycles. The van der Waals surface area contributed by atoms with Gasteiger partial charge in [0.25, 0.3) is 0 Å². The van der Waals surface area contributed by atoms with Crippen LogP contribution in [0.4, 0.5) is 0 Å². The highest BCUT2D eigenvalue weighted by atomic mass is 35.5. The minimum Gasteiger partial charge on any atom is -0.295 e. The fourth-order valence-electron chi connectivity index (χ4n) is 0.902. The Morgan fingerprint density at radius 1 is 1.50 bits per heavy atom. The third-order valence-electron chi connectivity index (χ3n) is 1.55. The molecule has 0 fully saturated rings. The second-order valence-corrected chi connectivity index (χ2v) is 2.85. The zero-order chi connectivity index (χ0) is 8.97. The maximum atomic E-state index is 11.0. The number of hydrogen-bond donors (Lipinski definition) is 0. The lowest BCUT2D eigenvalue weighted by Gasteiger charge is -1.99. The van der Waals surface area contributed by atoms with Crippen molar-refractivity contribution in [1.29, 1.82) is 0 Å². The van der Waals surface area contributed by atoms with E-state index in [0.717, 1.165) is 5.56 Å². The highest BCUT2D eigenvalue weighted by molar-refractivity contribution is 6.31. The topological polar surface area (TPSA) is 17.1 Å². The molecule has 2 heteroatoms. The second-order valence-electron chi connectivity index (χ2n) is 2.44. The van der Waals surface area contributed by atoms with E-state index in [4.69, 9.17) is 11.6 Å². The van der Waals surface area contributed by atoms with Gasteiger partial charge in [0.15, 0.2) is 5.78 Å². The van der Waals surface area contributed by atoms with E-state index in [1.165, 1.54) is 6.08 Å². The van der Waals surface area contributed by atoms with Gasteiger partial charge in [0.1, 0.15) is 0 Å². The lowest BCUT2D eigenvalue weighted by atomic mass is 10.1. The van der Waals surface area contributed by atoms with E-state index in [0.29, 0.717) is 11.4 Å². The van der Waals surface area contributed by atoms with Crippen molar-refractivity contribution in [3.05, 3.63) is 47.5 Å². The van der Waals surface area contributed by atoms with Crippen molar-refractivity contribution in [2.45, 2.75) is 6.42 Å². The number of rotatable bonds is 3. The van der Waals surface area contributed by atoms with E-state index in [1.54, 1.807) is 6.07 Å². The molecule has 0 aliphatic carbocycles. The van der Waals surface area contributed by atoms with Gasteiger partial charge in [-0.2, -0.15) is 0 Å². The van der Waals surface area contributed by atoms with Gasteiger partial charge in [-0.05, 0) is 17.7 Å². The maximum absolute atomic E-state index is 11.0. The van der Waals surface area contributed by atoms with Crippen molar-refractivity contribution < 1.29 is 4.79 Å². The summed E-state index contributed by atoms with van der Waals surface area (Å²) >= 11 is 5.84. The second kappa shape index (κ2) is 4.07. The summed E-state index contributed by atoms with van der Waals surface area (Å²) in [5.41, 5.74) is 0.851. The molecule has 0 atom stereocenters. The summed E-state index contributed by atoms with van der Waals surface area (Å²) in [5, 5.41) is 0.632. The first-order valence-electron chi connectivity index (χ1n) is 3.62. The molecule has 62 valence electrons. The monoisotopic (exact) mass is 180 g/mol. The molecule has 1 aromatic carbocycles. The van der Waals surface area contributed by atoms with Gasteiger partial charge in [-0.25, -0.2) is 0 Å². The van der Waals surface area contributed by atoms with Gasteiger partial charge in [0.05, 0.1) is 0 Å². The van der Waals surface area contributed by atoms with Crippen LogP contribution in [0.15, 0.2) is 36.9 Å². The Hall–Kier alpha value is -1.08. The Morgan fingerprint density at radius 3 is 2.75 bits per heavy atom. The largest absolute Gasteiger partial charge is 0.295 e. The highest BCUT2D eigenvalue weighted by Gasteiger charge is 2.01. The van der Waals surface area contributed by atoms with E-state index in [9.17, 15) is 4.79 Å². The highest BCUT2D eigenvalue weighted by Crippen LogP contribution is 2.15. The van der Waals surface area contributed by atoms with Crippen LogP contribution < -0.4 is 0 Å². The molecule has 0 unspecified atom stereocenters. The van der Waals surface area contributed by atoms with Crippen molar-refractivity contribution in [1.82, 2.24) is 0 Å². The maximum Gasteiger partial charge on any atom is 0.159 e. The van der Waals surface area contributed by atoms with Gasteiger partial charge in [-0.1, -0.05) is 36.4 Å². The third-order valence-corrected chi connectivity index (χ3v) is 1.92. The summed E-state index contributed by atoms with van der Waals surface area (Å²) in [6.07, 6.45) is 1.65. The lowest BCUT2D eigenvalue weighted by molar-refractivity contribution is -0.114. The van der Waals surface area contributed by atoms with Crippen LogP contribution in [0.25, 0.3) is 0 Å². The molecule has 0 radical (unpaired) electrons. The summed E-state index contributed by atoms with van der Waals surface area (Å²) in [7, 11) is 0. The fourth-order valence-corrected chi connectivity index (χ4v) is 1.10. The van der Waals surface area contributed by atoms with Crippen LogP contribution in [0.3, 0.4) is 0 Å². The van der Waals surface area contributed by atoms with E-state index in [1.807, 2.05) is 18.2 Å². The summed E-state index contributed by atoms with van der Waals surface area (Å²) in [4.78, 5) is 11.0. The lowest BCUT2D eigenvalue weighted by Crippen LogP contribution is -1.97. The first-order chi connectivity index (χ1) is 5.74. The Morgan fingerprint density at radius 2 is 2.17 bits per heavy atom. The Bertz CT molecular complexity index is 304. The summed E-state index contributed by atoms with van der Waals surface area (Å²) in [6.45, 7) is 3.39. The number of halogens is 1. The average Bonchev–Trinajstić information content (AvgIpc) is 2.09. The smallest absolute Gasteiger partial charge is 0.159 e. The molecular weight excluding hydrogens is 172 g/mol. The zero-order valence-corrected chi connectivity index (χ0v) is 7.34. The predicted octanol–water partition coefficient (Wildman–Crippen LogP) is 2.64. The number of ketones is 1. The van der Waals surface area contributed by atoms with Crippen LogP contribution in [0.5, 0.6) is 0 Å². The SMILES string of the molecule is C=CC(=O)Cc1ccccc1Cl. The molecule has 1 rings (SSSR count). The molecule has 0 saturated carbocycles. The summed E-state index contributed by atoms with van der Waals surface area (Å²) in [5.74, 6) is -0.0110. The summed E-state index contributed by atoms with van der Waals surface area (Å²) < 4.78 is 0. The Balaban J connectivity index is 2.82. The van der Waals surface area contributed by atoms with Crippen LogP contribution in [0.2, 0.25) is 5.02 Å². The molecule has 0 bridgehead atoms. The van der Waals surface area contributed by atoms with Crippen molar-refractivity contribution in [2.24, 2.45) is 0 Å². The molecule has 0 amide bonds. The molecule has 0 saturated heterocycles. The van der Waals surface area contributed by atoms with Gasteiger partial charge in [-0.15, -0.1) is 0 Å². The minimum absolute atomic E-state index is 0.0110. The van der Waals surface area contributed by atoms with Crippen molar-refractivity contribution in [3.63, 3.8) is 0 Å². The molecular formula is C10H9ClO. The van der Waals surface area contributed by atoms with Gasteiger partial charge in [0.2, 0.25) is 0 Å². The predicted molar refractivity (Wildman–Crippen MR) is 50.4 cm³/mol. The molecule has 0 spiro atoms. The number of carbonyl (C=O) groups excluding carboxylic acids is 1. The number of allylic oxidation sites excluding steroid dienone is 1. The van der Waals surface area contributed by atoms with Crippen LogP contribution in [-0.4, -0.2) is 5.78 Å². The van der Waals surface area contributed by atoms with Crippen LogP contribution >= 0.6 is 11.6 Å².